The number of allylic oxidation sites excluding steroid dienone is 1. The summed E-state index contributed by atoms with van der Waals surface area (Å²) in [5.41, 5.74) is 7.52. The topological polar surface area (TPSA) is 80.4 Å². The molecule has 0 spiro atoms. The van der Waals surface area contributed by atoms with Gasteiger partial charge in [0.05, 0.1) is 17.4 Å². The summed E-state index contributed by atoms with van der Waals surface area (Å²) in [5.74, 6) is 0.430. The van der Waals surface area contributed by atoms with Crippen molar-refractivity contribution in [1.82, 2.24) is 19.9 Å². The highest BCUT2D eigenvalue weighted by Gasteiger charge is 2.29. The number of pyridine rings is 2. The molecule has 1 amide bonds. The van der Waals surface area contributed by atoms with Gasteiger partial charge in [0.1, 0.15) is 5.69 Å². The normalized spacial score (nSPS) is 14.2. The number of H-pyrrole nitrogens is 1. The maximum absolute atomic E-state index is 14.7. The van der Waals surface area contributed by atoms with E-state index in [9.17, 15) is 4.79 Å². The van der Waals surface area contributed by atoms with Crippen molar-refractivity contribution in [2.24, 2.45) is 0 Å². The Morgan fingerprint density at radius 2 is 1.58 bits per heavy atom. The number of anilines is 3. The third-order valence-electron chi connectivity index (χ3n) is 9.65. The summed E-state index contributed by atoms with van der Waals surface area (Å²) in [6.45, 7) is 11.6. The van der Waals surface area contributed by atoms with Gasteiger partial charge in [-0.1, -0.05) is 78.3 Å². The molecule has 1 aliphatic heterocycles. The van der Waals surface area contributed by atoms with E-state index in [0.29, 0.717) is 21.4 Å². The minimum atomic E-state index is -0.298. The zero-order valence-corrected chi connectivity index (χ0v) is 30.6. The summed E-state index contributed by atoms with van der Waals surface area (Å²) in [4.78, 5) is 33.7. The van der Waals surface area contributed by atoms with Crippen molar-refractivity contribution in [1.29, 1.82) is 0 Å². The van der Waals surface area contributed by atoms with Crippen molar-refractivity contribution in [2.75, 3.05) is 41.3 Å². The highest BCUT2D eigenvalue weighted by atomic mass is 35.5. The number of hydrogen-bond donors (Lipinski definition) is 2. The van der Waals surface area contributed by atoms with E-state index >= 15 is 0 Å². The highest BCUT2D eigenvalue weighted by molar-refractivity contribution is 6.31. The van der Waals surface area contributed by atoms with Crippen LogP contribution in [0.3, 0.4) is 0 Å². The van der Waals surface area contributed by atoms with Crippen LogP contribution in [0.2, 0.25) is 10.0 Å². The number of piperazine rings is 1. The van der Waals surface area contributed by atoms with Crippen LogP contribution in [-0.2, 0) is 0 Å². The first-order chi connectivity index (χ1) is 25.3. The molecule has 0 aliphatic carbocycles. The van der Waals surface area contributed by atoms with Gasteiger partial charge in [0.15, 0.2) is 5.82 Å². The summed E-state index contributed by atoms with van der Waals surface area (Å²) in [6.07, 6.45) is 7.22. The van der Waals surface area contributed by atoms with Crippen LogP contribution in [0.25, 0.3) is 22.2 Å². The Bertz CT molecular complexity index is 2230. The summed E-state index contributed by atoms with van der Waals surface area (Å²) in [5, 5.41) is 5.31. The molecule has 0 radical (unpaired) electrons. The molecular weight excluding hydrogens is 689 g/mol. The number of nitrogens with zero attached hydrogens (tertiary/aromatic N) is 5. The lowest BCUT2D eigenvalue weighted by molar-refractivity contribution is 0.102. The number of benzene rings is 3. The lowest BCUT2D eigenvalue weighted by Gasteiger charge is -2.37. The van der Waals surface area contributed by atoms with Crippen LogP contribution in [0.5, 0.6) is 0 Å². The Morgan fingerprint density at radius 1 is 0.885 bits per heavy atom. The molecule has 7 rings (SSSR count). The molecule has 1 unspecified atom stereocenters. The van der Waals surface area contributed by atoms with E-state index in [4.69, 9.17) is 28.2 Å². The number of amides is 1. The number of hydrogen-bond acceptors (Lipinski definition) is 6. The molecule has 262 valence electrons. The van der Waals surface area contributed by atoms with Crippen LogP contribution < -0.4 is 15.1 Å². The van der Waals surface area contributed by atoms with Crippen LogP contribution in [0.15, 0.2) is 128 Å². The average molecular weight is 729 g/mol. The van der Waals surface area contributed by atoms with Gasteiger partial charge < -0.3 is 25.0 Å². The number of carbonyl (C=O) groups is 1. The van der Waals surface area contributed by atoms with Crippen LogP contribution >= 0.6 is 23.2 Å². The molecule has 1 saturated heterocycles. The Balaban J connectivity index is 1.30. The Hall–Kier alpha value is -5.57. The van der Waals surface area contributed by atoms with Gasteiger partial charge in [0, 0.05) is 77.0 Å². The predicted molar refractivity (Wildman–Crippen MR) is 215 cm³/mol. The third kappa shape index (κ3) is 7.13. The second-order valence-corrected chi connectivity index (χ2v) is 13.6. The molecule has 8 nitrogen and oxygen atoms in total. The molecule has 3 aromatic heterocycles. The fourth-order valence-corrected chi connectivity index (χ4v) is 7.23. The summed E-state index contributed by atoms with van der Waals surface area (Å²) >= 11 is 12.8. The number of nitrogens with one attached hydrogen (secondary N) is 2. The first-order valence-electron chi connectivity index (χ1n) is 17.2. The van der Waals surface area contributed by atoms with Crippen molar-refractivity contribution in [3.63, 3.8) is 0 Å². The fraction of sp³-hybridized carbons (Fsp3) is 0.167. The first kappa shape index (κ1) is 34.9. The number of fused-ring (bicyclic) bond motifs is 1. The zero-order chi connectivity index (χ0) is 36.2. The Kier molecular flexibility index (Phi) is 10.3. The van der Waals surface area contributed by atoms with Crippen LogP contribution in [0.1, 0.15) is 47.1 Å². The second-order valence-electron chi connectivity index (χ2n) is 12.7. The molecule has 1 aliphatic rings. The number of aromatic amines is 1. The number of rotatable bonds is 10. The molecule has 0 bridgehead atoms. The molecule has 52 heavy (non-hydrogen) atoms. The lowest BCUT2D eigenvalue weighted by atomic mass is 9.95. The Morgan fingerprint density at radius 3 is 2.29 bits per heavy atom. The summed E-state index contributed by atoms with van der Waals surface area (Å²) in [7, 11) is 0. The second kappa shape index (κ2) is 15.4. The Labute approximate surface area is 314 Å². The van der Waals surface area contributed by atoms with E-state index in [1.807, 2.05) is 104 Å². The molecule has 1 fully saturated rings. The van der Waals surface area contributed by atoms with E-state index in [-0.39, 0.29) is 11.9 Å². The van der Waals surface area contributed by atoms with Gasteiger partial charge in [-0.3, -0.25) is 9.78 Å². The van der Waals surface area contributed by atoms with Crippen LogP contribution in [-0.4, -0.2) is 51.9 Å². The van der Waals surface area contributed by atoms with Gasteiger partial charge in [-0.25, -0.2) is 4.98 Å². The molecule has 1 atom stereocenters. The molecule has 3 aromatic carbocycles. The maximum atomic E-state index is 14.7. The van der Waals surface area contributed by atoms with Gasteiger partial charge in [0.25, 0.3) is 5.91 Å². The lowest BCUT2D eigenvalue weighted by Crippen LogP contribution is -2.47. The number of halogens is 2. The van der Waals surface area contributed by atoms with Gasteiger partial charge in [-0.05, 0) is 85.3 Å². The van der Waals surface area contributed by atoms with E-state index < -0.39 is 0 Å². The maximum Gasteiger partial charge on any atom is 0.272 e. The predicted octanol–water partition coefficient (Wildman–Crippen LogP) is 9.94. The minimum absolute atomic E-state index is 0.160. The molecule has 4 heterocycles. The summed E-state index contributed by atoms with van der Waals surface area (Å²) < 4.78 is 0. The van der Waals surface area contributed by atoms with Gasteiger partial charge in [-0.15, -0.1) is 0 Å². The summed E-state index contributed by atoms with van der Waals surface area (Å²) in [6, 6.07) is 31.3. The van der Waals surface area contributed by atoms with Gasteiger partial charge in [-0.2, -0.15) is 0 Å². The van der Waals surface area contributed by atoms with Crippen molar-refractivity contribution in [3.8, 4) is 0 Å². The van der Waals surface area contributed by atoms with E-state index in [1.165, 1.54) is 0 Å². The van der Waals surface area contributed by atoms with E-state index in [1.54, 1.807) is 6.20 Å². The van der Waals surface area contributed by atoms with Crippen LogP contribution in [0.4, 0.5) is 17.2 Å². The largest absolute Gasteiger partial charge is 0.368 e. The molecule has 10 heteroatoms. The molecule has 0 saturated carbocycles. The van der Waals surface area contributed by atoms with Crippen molar-refractivity contribution >= 4 is 68.5 Å². The fourth-order valence-electron chi connectivity index (χ4n) is 6.93. The van der Waals surface area contributed by atoms with Crippen LogP contribution in [0, 0.1) is 0 Å². The van der Waals surface area contributed by atoms with Crippen molar-refractivity contribution < 1.29 is 4.79 Å². The quantitative estimate of drug-likeness (QED) is 0.146. The number of carbonyl (C=O) groups excluding carboxylic acids is 1. The minimum Gasteiger partial charge on any atom is -0.368 e. The van der Waals surface area contributed by atoms with Crippen molar-refractivity contribution in [3.05, 3.63) is 161 Å². The van der Waals surface area contributed by atoms with E-state index in [0.717, 1.165) is 76.5 Å². The third-order valence-corrected chi connectivity index (χ3v) is 10.1. The zero-order valence-electron chi connectivity index (χ0n) is 29.1. The van der Waals surface area contributed by atoms with E-state index in [2.05, 4.69) is 62.5 Å². The highest BCUT2D eigenvalue weighted by Crippen LogP contribution is 2.41. The molecule has 6 aromatic rings. The average Bonchev–Trinajstić information content (AvgIpc) is 3.56. The van der Waals surface area contributed by atoms with Crippen molar-refractivity contribution in [2.45, 2.75) is 19.9 Å². The standard InChI is InChI=1S/C42H39Cl2N7O/c1-4-51(29(3)31-12-14-32(43)15-13-31)40(28(2)30-9-6-5-7-10-30)38-35-17-16-33(44)27-37(35)47-39(38)42(52)48-36-11-8-20-46-41(36)50-25-23-49(24-26-50)34-18-21-45-22-19-34/h4-22,27,29,47H,1,23-26H2,2-3H3,(H,48,52)/b40-28+. The number of aromatic nitrogens is 3. The van der Waals surface area contributed by atoms with Gasteiger partial charge in [0.2, 0.25) is 0 Å². The molecular formula is C42H39Cl2N7O. The first-order valence-corrected chi connectivity index (χ1v) is 18.0. The molecule has 2 N–H and O–H groups in total. The van der Waals surface area contributed by atoms with Gasteiger partial charge >= 0.3 is 0 Å². The smallest absolute Gasteiger partial charge is 0.272 e. The monoisotopic (exact) mass is 727 g/mol. The SMILES string of the molecule is C=CN(/C(=C(\C)c1ccccc1)c1c(C(=O)Nc2cccnc2N2CCN(c3ccncc3)CC2)[nH]c2cc(Cl)ccc12)C(C)c1ccc(Cl)cc1.